The Bertz CT molecular complexity index is 315. The maximum absolute atomic E-state index is 11.8. The third kappa shape index (κ3) is 0.923. The molecule has 3 atom stereocenters. The van der Waals surface area contributed by atoms with Crippen LogP contribution >= 0.6 is 0 Å². The number of fused-ring (bicyclic) bond motifs is 2. The number of nitrogens with one attached hydrogen (secondary N) is 1. The Hall–Kier alpha value is -0.610. The largest absolute Gasteiger partial charge is 0.393 e. The maximum Gasteiger partial charge on any atom is 0.250 e. The van der Waals surface area contributed by atoms with Crippen LogP contribution in [0.5, 0.6) is 0 Å². The zero-order valence-corrected chi connectivity index (χ0v) is 9.50. The Morgan fingerprint density at radius 3 is 2.27 bits per heavy atom. The van der Waals surface area contributed by atoms with E-state index >= 15 is 0 Å². The molecule has 0 radical (unpaired) electrons. The van der Waals surface area contributed by atoms with Gasteiger partial charge in [0.1, 0.15) is 0 Å². The molecule has 4 heteroatoms. The quantitative estimate of drug-likeness (QED) is 0.451. The highest BCUT2D eigenvalue weighted by Gasteiger charge is 2.72. The summed E-state index contributed by atoms with van der Waals surface area (Å²) in [5.74, 6) is -0.340. The molecule has 0 aromatic heterocycles. The average molecular weight is 213 g/mol. The van der Waals surface area contributed by atoms with Crippen LogP contribution in [0.2, 0.25) is 0 Å². The van der Waals surface area contributed by atoms with Crippen molar-refractivity contribution in [3.05, 3.63) is 0 Å². The van der Waals surface area contributed by atoms with Gasteiger partial charge in [-0.25, -0.2) is 5.48 Å². The fourth-order valence-corrected chi connectivity index (χ4v) is 3.74. The van der Waals surface area contributed by atoms with Crippen molar-refractivity contribution in [3.8, 4) is 0 Å². The highest BCUT2D eigenvalue weighted by atomic mass is 16.5. The summed E-state index contributed by atoms with van der Waals surface area (Å²) in [5.41, 5.74) is 0.687. The lowest BCUT2D eigenvalue weighted by Crippen LogP contribution is -2.45. The normalized spacial score (nSPS) is 46.9. The lowest BCUT2D eigenvalue weighted by atomic mass is 9.64. The van der Waals surface area contributed by atoms with Crippen molar-refractivity contribution >= 4 is 5.91 Å². The summed E-state index contributed by atoms with van der Waals surface area (Å²) in [6.07, 6.45) is 1.61. The number of amides is 1. The first-order chi connectivity index (χ1) is 6.82. The molecule has 2 fully saturated rings. The summed E-state index contributed by atoms with van der Waals surface area (Å²) in [7, 11) is 0. The van der Waals surface area contributed by atoms with Crippen molar-refractivity contribution in [1.82, 2.24) is 5.48 Å². The molecule has 0 spiro atoms. The Morgan fingerprint density at radius 1 is 1.33 bits per heavy atom. The van der Waals surface area contributed by atoms with Gasteiger partial charge in [0, 0.05) is 0 Å². The van der Waals surface area contributed by atoms with Crippen molar-refractivity contribution in [2.45, 2.75) is 46.1 Å². The molecule has 0 aliphatic heterocycles. The predicted octanol–water partition coefficient (Wildman–Crippen LogP) is 1.07. The zero-order chi connectivity index (χ0) is 11.5. The molecule has 0 heterocycles. The van der Waals surface area contributed by atoms with Crippen molar-refractivity contribution < 1.29 is 15.1 Å². The van der Waals surface area contributed by atoms with E-state index in [-0.39, 0.29) is 16.7 Å². The highest BCUT2D eigenvalue weighted by Crippen LogP contribution is 2.72. The third-order valence-corrected chi connectivity index (χ3v) is 5.51. The van der Waals surface area contributed by atoms with Crippen molar-refractivity contribution in [2.24, 2.45) is 16.2 Å². The number of rotatable bonds is 1. The van der Waals surface area contributed by atoms with Crippen LogP contribution in [0.25, 0.3) is 0 Å². The SMILES string of the molecule is CC12CCC(C(=O)NO)(CC1O)C2(C)C. The van der Waals surface area contributed by atoms with Crippen LogP contribution in [0.3, 0.4) is 0 Å². The standard InChI is InChI=1S/C11H19NO3/c1-9(2)10(3)4-5-11(9,6-7(10)13)8(14)12-15/h7,13,15H,4-6H2,1-3H3,(H,12,14). The van der Waals surface area contributed by atoms with Gasteiger partial charge in [-0.2, -0.15) is 0 Å². The van der Waals surface area contributed by atoms with Crippen molar-refractivity contribution in [3.63, 3.8) is 0 Å². The van der Waals surface area contributed by atoms with Gasteiger partial charge in [0.25, 0.3) is 0 Å². The average Bonchev–Trinajstić information content (AvgIpc) is 2.47. The molecule has 2 aliphatic carbocycles. The van der Waals surface area contributed by atoms with Crippen LogP contribution in [0.15, 0.2) is 0 Å². The van der Waals surface area contributed by atoms with Gasteiger partial charge in [0.15, 0.2) is 0 Å². The Morgan fingerprint density at radius 2 is 1.93 bits per heavy atom. The van der Waals surface area contributed by atoms with Gasteiger partial charge < -0.3 is 5.11 Å². The number of aliphatic hydroxyl groups excluding tert-OH is 1. The lowest BCUT2D eigenvalue weighted by molar-refractivity contribution is -0.145. The molecular weight excluding hydrogens is 194 g/mol. The molecular formula is C11H19NO3. The van der Waals surface area contributed by atoms with Gasteiger partial charge in [0.2, 0.25) is 5.91 Å². The van der Waals surface area contributed by atoms with Crippen LogP contribution in [0.4, 0.5) is 0 Å². The van der Waals surface area contributed by atoms with Gasteiger partial charge in [-0.1, -0.05) is 20.8 Å². The van der Waals surface area contributed by atoms with Crippen LogP contribution in [-0.2, 0) is 4.79 Å². The fraction of sp³-hybridized carbons (Fsp3) is 0.909. The molecule has 0 saturated heterocycles. The second-order valence-corrected chi connectivity index (χ2v) is 5.79. The van der Waals surface area contributed by atoms with E-state index in [9.17, 15) is 9.90 Å². The van der Waals surface area contributed by atoms with Gasteiger partial charge >= 0.3 is 0 Å². The molecule has 3 unspecified atom stereocenters. The first-order valence-electron chi connectivity index (χ1n) is 5.44. The summed E-state index contributed by atoms with van der Waals surface area (Å²) in [6.45, 7) is 6.08. The second-order valence-electron chi connectivity index (χ2n) is 5.79. The van der Waals surface area contributed by atoms with E-state index in [0.29, 0.717) is 6.42 Å². The first-order valence-corrected chi connectivity index (χ1v) is 5.44. The van der Waals surface area contributed by atoms with E-state index < -0.39 is 11.5 Å². The summed E-state index contributed by atoms with van der Waals surface area (Å²) in [5, 5.41) is 18.9. The van der Waals surface area contributed by atoms with E-state index in [0.717, 1.165) is 12.8 Å². The molecule has 0 aromatic rings. The van der Waals surface area contributed by atoms with Gasteiger partial charge in [0.05, 0.1) is 11.5 Å². The number of carbonyl (C=O) groups is 1. The third-order valence-electron chi connectivity index (χ3n) is 5.51. The summed E-state index contributed by atoms with van der Waals surface area (Å²) < 4.78 is 0. The monoisotopic (exact) mass is 213 g/mol. The minimum absolute atomic E-state index is 0.209. The molecule has 86 valence electrons. The number of hydrogen-bond acceptors (Lipinski definition) is 3. The van der Waals surface area contributed by atoms with E-state index in [4.69, 9.17) is 5.21 Å². The highest BCUT2D eigenvalue weighted by molar-refractivity contribution is 5.84. The van der Waals surface area contributed by atoms with E-state index in [1.165, 1.54) is 0 Å². The topological polar surface area (TPSA) is 69.6 Å². The van der Waals surface area contributed by atoms with Crippen molar-refractivity contribution in [1.29, 1.82) is 0 Å². The maximum atomic E-state index is 11.8. The summed E-state index contributed by atoms with van der Waals surface area (Å²) >= 11 is 0. The van der Waals surface area contributed by atoms with E-state index in [2.05, 4.69) is 0 Å². The molecule has 4 nitrogen and oxygen atoms in total. The minimum atomic E-state index is -0.601. The molecule has 0 aromatic carbocycles. The number of hydrogen-bond donors (Lipinski definition) is 3. The Balaban J connectivity index is 2.49. The molecule has 2 aliphatic rings. The first kappa shape index (κ1) is 10.9. The van der Waals surface area contributed by atoms with Crippen molar-refractivity contribution in [2.75, 3.05) is 0 Å². The van der Waals surface area contributed by atoms with Crippen LogP contribution in [0.1, 0.15) is 40.0 Å². The summed E-state index contributed by atoms with van der Waals surface area (Å²) in [4.78, 5) is 11.8. The second kappa shape index (κ2) is 2.74. The number of hydroxylamine groups is 1. The van der Waals surface area contributed by atoms with Crippen LogP contribution in [-0.4, -0.2) is 22.3 Å². The Labute approximate surface area is 89.6 Å². The van der Waals surface area contributed by atoms with Gasteiger partial charge in [-0.3, -0.25) is 10.0 Å². The molecule has 3 N–H and O–H groups in total. The number of aliphatic hydroxyl groups is 1. The lowest BCUT2D eigenvalue weighted by Gasteiger charge is -2.39. The van der Waals surface area contributed by atoms with E-state index in [1.54, 1.807) is 5.48 Å². The Kier molecular flexibility index (Phi) is 1.99. The molecule has 2 bridgehead atoms. The zero-order valence-electron chi connectivity index (χ0n) is 9.50. The van der Waals surface area contributed by atoms with Gasteiger partial charge in [-0.05, 0) is 30.1 Å². The minimum Gasteiger partial charge on any atom is -0.393 e. The fourth-order valence-electron chi connectivity index (χ4n) is 3.74. The molecule has 2 rings (SSSR count). The number of carbonyl (C=O) groups excluding carboxylic acids is 1. The molecule has 2 saturated carbocycles. The van der Waals surface area contributed by atoms with Crippen LogP contribution < -0.4 is 5.48 Å². The summed E-state index contributed by atoms with van der Waals surface area (Å²) in [6, 6.07) is 0. The smallest absolute Gasteiger partial charge is 0.250 e. The predicted molar refractivity (Wildman–Crippen MR) is 54.1 cm³/mol. The van der Waals surface area contributed by atoms with Gasteiger partial charge in [-0.15, -0.1) is 0 Å². The van der Waals surface area contributed by atoms with Crippen LogP contribution in [0, 0.1) is 16.2 Å². The van der Waals surface area contributed by atoms with E-state index in [1.807, 2.05) is 20.8 Å². The molecule has 1 amide bonds. The molecule has 15 heavy (non-hydrogen) atoms.